The smallest absolute Gasteiger partial charge is 0.226 e. The highest BCUT2D eigenvalue weighted by molar-refractivity contribution is 5.92. The molecule has 0 spiro atoms. The largest absolute Gasteiger partial charge is 0.366 e. The van der Waals surface area contributed by atoms with E-state index in [9.17, 15) is 14.0 Å². The first-order valence-electron chi connectivity index (χ1n) is 9.73. The van der Waals surface area contributed by atoms with Gasteiger partial charge in [0.15, 0.2) is 0 Å². The van der Waals surface area contributed by atoms with E-state index in [-0.39, 0.29) is 29.5 Å². The van der Waals surface area contributed by atoms with E-state index in [0.29, 0.717) is 44.8 Å². The van der Waals surface area contributed by atoms with Gasteiger partial charge in [-0.15, -0.1) is 0 Å². The molecule has 0 aromatic heterocycles. The van der Waals surface area contributed by atoms with E-state index in [1.807, 2.05) is 46.2 Å². The SMILES string of the molecule is O=C(NCc1ccccc1)C1CC1C(=O)N1CCN(c2ccccc2F)CC1. The normalized spacial score (nSPS) is 21.3. The fourth-order valence-electron chi connectivity index (χ4n) is 3.78. The molecule has 2 aromatic rings. The molecule has 0 radical (unpaired) electrons. The van der Waals surface area contributed by atoms with Crippen LogP contribution in [0, 0.1) is 17.7 Å². The minimum absolute atomic E-state index is 0.0489. The number of piperazine rings is 1. The summed E-state index contributed by atoms with van der Waals surface area (Å²) in [5.74, 6) is -0.670. The Hall–Kier alpha value is -2.89. The molecule has 2 unspecified atom stereocenters. The van der Waals surface area contributed by atoms with Gasteiger partial charge in [0, 0.05) is 32.7 Å². The molecule has 28 heavy (non-hydrogen) atoms. The Morgan fingerprint density at radius 2 is 1.61 bits per heavy atom. The van der Waals surface area contributed by atoms with Crippen LogP contribution in [0.2, 0.25) is 0 Å². The topological polar surface area (TPSA) is 52.7 Å². The van der Waals surface area contributed by atoms with E-state index in [4.69, 9.17) is 0 Å². The molecule has 6 heteroatoms. The Balaban J connectivity index is 1.25. The van der Waals surface area contributed by atoms with Gasteiger partial charge in [0.25, 0.3) is 0 Å². The number of carbonyl (C=O) groups excluding carboxylic acids is 2. The monoisotopic (exact) mass is 381 g/mol. The summed E-state index contributed by atoms with van der Waals surface area (Å²) in [5, 5.41) is 2.92. The molecule has 1 saturated heterocycles. The maximum Gasteiger partial charge on any atom is 0.226 e. The lowest BCUT2D eigenvalue weighted by atomic mass is 10.2. The predicted octanol–water partition coefficient (Wildman–Crippen LogP) is 2.43. The summed E-state index contributed by atoms with van der Waals surface area (Å²) < 4.78 is 13.9. The third-order valence-electron chi connectivity index (χ3n) is 5.54. The van der Waals surface area contributed by atoms with Crippen LogP contribution in [0.15, 0.2) is 54.6 Å². The Morgan fingerprint density at radius 3 is 2.32 bits per heavy atom. The quantitative estimate of drug-likeness (QED) is 0.866. The molecule has 2 aromatic carbocycles. The molecule has 5 nitrogen and oxygen atoms in total. The molecule has 1 N–H and O–H groups in total. The van der Waals surface area contributed by atoms with E-state index in [2.05, 4.69) is 5.32 Å². The second kappa shape index (κ2) is 8.00. The average molecular weight is 381 g/mol. The summed E-state index contributed by atoms with van der Waals surface area (Å²) in [4.78, 5) is 28.8. The van der Waals surface area contributed by atoms with Crippen molar-refractivity contribution in [2.24, 2.45) is 11.8 Å². The van der Waals surface area contributed by atoms with Gasteiger partial charge in [0.2, 0.25) is 11.8 Å². The van der Waals surface area contributed by atoms with E-state index in [1.54, 1.807) is 12.1 Å². The third kappa shape index (κ3) is 4.01. The highest BCUT2D eigenvalue weighted by Crippen LogP contribution is 2.40. The predicted molar refractivity (Wildman–Crippen MR) is 105 cm³/mol. The fraction of sp³-hybridized carbons (Fsp3) is 0.364. The summed E-state index contributed by atoms with van der Waals surface area (Å²) in [7, 11) is 0. The molecule has 1 aliphatic carbocycles. The molecule has 2 fully saturated rings. The molecular weight excluding hydrogens is 357 g/mol. The summed E-state index contributed by atoms with van der Waals surface area (Å²) in [6.45, 7) is 2.80. The Labute approximate surface area is 164 Å². The average Bonchev–Trinajstić information content (AvgIpc) is 3.54. The first-order chi connectivity index (χ1) is 13.6. The van der Waals surface area contributed by atoms with Crippen molar-refractivity contribution >= 4 is 17.5 Å². The zero-order chi connectivity index (χ0) is 19.5. The number of anilines is 1. The standard InChI is InChI=1S/C22H24FN3O2/c23-19-8-4-5-9-20(19)25-10-12-26(13-11-25)22(28)18-14-17(18)21(27)24-15-16-6-2-1-3-7-16/h1-9,17-18H,10-15H2,(H,24,27). The number of amides is 2. The lowest BCUT2D eigenvalue weighted by Crippen LogP contribution is -2.49. The molecule has 4 rings (SSSR count). The second-order valence-corrected chi connectivity index (χ2v) is 7.42. The number of para-hydroxylation sites is 1. The second-order valence-electron chi connectivity index (χ2n) is 7.42. The molecule has 0 bridgehead atoms. The van der Waals surface area contributed by atoms with Crippen LogP contribution < -0.4 is 10.2 Å². The number of nitrogens with zero attached hydrogens (tertiary/aromatic N) is 2. The van der Waals surface area contributed by atoms with Crippen molar-refractivity contribution < 1.29 is 14.0 Å². The van der Waals surface area contributed by atoms with Crippen LogP contribution in [0.25, 0.3) is 0 Å². The molecule has 2 atom stereocenters. The van der Waals surface area contributed by atoms with Gasteiger partial charge < -0.3 is 15.1 Å². The summed E-state index contributed by atoms with van der Waals surface area (Å²) in [5.41, 5.74) is 1.63. The lowest BCUT2D eigenvalue weighted by molar-refractivity contribution is -0.135. The Kier molecular flexibility index (Phi) is 5.28. The maximum absolute atomic E-state index is 13.9. The Morgan fingerprint density at radius 1 is 0.929 bits per heavy atom. The van der Waals surface area contributed by atoms with Gasteiger partial charge in [-0.2, -0.15) is 0 Å². The molecule has 2 amide bonds. The molecule has 1 aliphatic heterocycles. The molecule has 2 aliphatic rings. The zero-order valence-electron chi connectivity index (χ0n) is 15.7. The van der Waals surface area contributed by atoms with Crippen molar-refractivity contribution in [1.29, 1.82) is 0 Å². The van der Waals surface area contributed by atoms with Gasteiger partial charge in [0.05, 0.1) is 17.5 Å². The number of hydrogen-bond donors (Lipinski definition) is 1. The summed E-state index contributed by atoms with van der Waals surface area (Å²) >= 11 is 0. The highest BCUT2D eigenvalue weighted by atomic mass is 19.1. The number of carbonyl (C=O) groups is 2. The van der Waals surface area contributed by atoms with Crippen LogP contribution in [0.4, 0.5) is 10.1 Å². The summed E-state index contributed by atoms with van der Waals surface area (Å²) in [6.07, 6.45) is 0.618. The van der Waals surface area contributed by atoms with E-state index in [1.165, 1.54) is 6.07 Å². The van der Waals surface area contributed by atoms with E-state index < -0.39 is 0 Å². The zero-order valence-corrected chi connectivity index (χ0v) is 15.7. The van der Waals surface area contributed by atoms with Crippen molar-refractivity contribution in [3.05, 3.63) is 66.0 Å². The minimum Gasteiger partial charge on any atom is -0.366 e. The highest BCUT2D eigenvalue weighted by Gasteiger charge is 2.49. The Bertz CT molecular complexity index is 850. The number of benzene rings is 2. The van der Waals surface area contributed by atoms with Gasteiger partial charge >= 0.3 is 0 Å². The van der Waals surface area contributed by atoms with E-state index in [0.717, 1.165) is 5.56 Å². The van der Waals surface area contributed by atoms with Gasteiger partial charge in [-0.25, -0.2) is 4.39 Å². The van der Waals surface area contributed by atoms with Gasteiger partial charge in [0.1, 0.15) is 5.82 Å². The first kappa shape index (κ1) is 18.5. The van der Waals surface area contributed by atoms with Crippen LogP contribution in [0.3, 0.4) is 0 Å². The number of rotatable bonds is 5. The van der Waals surface area contributed by atoms with Gasteiger partial charge in [-0.05, 0) is 24.1 Å². The third-order valence-corrected chi connectivity index (χ3v) is 5.54. The number of halogens is 1. The summed E-state index contributed by atoms with van der Waals surface area (Å²) in [6, 6.07) is 16.4. The maximum atomic E-state index is 13.9. The van der Waals surface area contributed by atoms with Crippen LogP contribution in [0.1, 0.15) is 12.0 Å². The molecule has 1 heterocycles. The van der Waals surface area contributed by atoms with Crippen molar-refractivity contribution in [2.45, 2.75) is 13.0 Å². The number of hydrogen-bond acceptors (Lipinski definition) is 3. The molecular formula is C22H24FN3O2. The fourth-order valence-corrected chi connectivity index (χ4v) is 3.78. The van der Waals surface area contributed by atoms with Crippen LogP contribution >= 0.6 is 0 Å². The van der Waals surface area contributed by atoms with Crippen LogP contribution in [-0.4, -0.2) is 42.9 Å². The van der Waals surface area contributed by atoms with Crippen molar-refractivity contribution in [1.82, 2.24) is 10.2 Å². The van der Waals surface area contributed by atoms with Gasteiger partial charge in [-0.1, -0.05) is 42.5 Å². The van der Waals surface area contributed by atoms with Crippen LogP contribution in [0.5, 0.6) is 0 Å². The minimum atomic E-state index is -0.236. The molecule has 1 saturated carbocycles. The molecule has 146 valence electrons. The lowest BCUT2D eigenvalue weighted by Gasteiger charge is -2.36. The van der Waals surface area contributed by atoms with Gasteiger partial charge in [-0.3, -0.25) is 9.59 Å². The van der Waals surface area contributed by atoms with Crippen molar-refractivity contribution in [3.8, 4) is 0 Å². The first-order valence-corrected chi connectivity index (χ1v) is 9.73. The number of nitrogens with one attached hydrogen (secondary N) is 1. The van der Waals surface area contributed by atoms with Crippen molar-refractivity contribution in [3.63, 3.8) is 0 Å². The van der Waals surface area contributed by atoms with E-state index >= 15 is 0 Å². The van der Waals surface area contributed by atoms with Crippen LogP contribution in [-0.2, 0) is 16.1 Å². The van der Waals surface area contributed by atoms with Crippen molar-refractivity contribution in [2.75, 3.05) is 31.1 Å².